The van der Waals surface area contributed by atoms with Crippen molar-refractivity contribution < 1.29 is 4.79 Å². The van der Waals surface area contributed by atoms with Gasteiger partial charge < -0.3 is 14.8 Å². The van der Waals surface area contributed by atoms with Gasteiger partial charge in [-0.3, -0.25) is 14.6 Å². The van der Waals surface area contributed by atoms with Crippen LogP contribution in [0.3, 0.4) is 0 Å². The second-order valence-corrected chi connectivity index (χ2v) is 9.71. The maximum absolute atomic E-state index is 13.0. The van der Waals surface area contributed by atoms with Crippen LogP contribution in [-0.4, -0.2) is 46.0 Å². The highest BCUT2D eigenvalue weighted by Crippen LogP contribution is 2.36. The van der Waals surface area contributed by atoms with Crippen molar-refractivity contribution in [2.75, 3.05) is 19.6 Å². The number of pyridine rings is 2. The number of hydrogen-bond donors (Lipinski definition) is 1. The van der Waals surface area contributed by atoms with E-state index >= 15 is 0 Å². The lowest BCUT2D eigenvalue weighted by molar-refractivity contribution is 0.0951. The van der Waals surface area contributed by atoms with Crippen LogP contribution in [0.2, 0.25) is 0 Å². The maximum Gasteiger partial charge on any atom is 0.251 e. The first-order chi connectivity index (χ1) is 14.5. The van der Waals surface area contributed by atoms with Gasteiger partial charge in [0, 0.05) is 67.2 Å². The van der Waals surface area contributed by atoms with Crippen molar-refractivity contribution in [3.8, 4) is 11.3 Å². The average Bonchev–Trinajstić information content (AvgIpc) is 3.52. The number of carbonyl (C=O) groups excluding carboxylic acids is 1. The summed E-state index contributed by atoms with van der Waals surface area (Å²) in [5.74, 6) is 1.51. The molecule has 30 heavy (non-hydrogen) atoms. The van der Waals surface area contributed by atoms with E-state index in [0.717, 1.165) is 56.7 Å². The zero-order chi connectivity index (χ0) is 20.8. The van der Waals surface area contributed by atoms with Crippen LogP contribution in [-0.2, 0) is 6.54 Å². The van der Waals surface area contributed by atoms with E-state index < -0.39 is 0 Å². The summed E-state index contributed by atoms with van der Waals surface area (Å²) in [6, 6.07) is 7.67. The van der Waals surface area contributed by atoms with E-state index in [2.05, 4.69) is 35.1 Å². The van der Waals surface area contributed by atoms with Crippen molar-refractivity contribution in [2.45, 2.75) is 51.6 Å². The highest BCUT2D eigenvalue weighted by Gasteiger charge is 2.35. The summed E-state index contributed by atoms with van der Waals surface area (Å²) in [5.41, 5.74) is 3.27. The zero-order valence-corrected chi connectivity index (χ0v) is 17.8. The summed E-state index contributed by atoms with van der Waals surface area (Å²) in [7, 11) is 0. The summed E-state index contributed by atoms with van der Waals surface area (Å²) in [4.78, 5) is 32.4. The van der Waals surface area contributed by atoms with Gasteiger partial charge in [-0.25, -0.2) is 0 Å². The lowest BCUT2D eigenvalue weighted by Gasteiger charge is -2.43. The smallest absolute Gasteiger partial charge is 0.251 e. The number of nitrogens with one attached hydrogen (secondary N) is 1. The fourth-order valence-corrected chi connectivity index (χ4v) is 5.10. The lowest BCUT2D eigenvalue weighted by Crippen LogP contribution is -2.48. The molecule has 1 amide bonds. The van der Waals surface area contributed by atoms with E-state index in [1.54, 1.807) is 24.4 Å². The van der Waals surface area contributed by atoms with E-state index in [4.69, 9.17) is 0 Å². The lowest BCUT2D eigenvalue weighted by atomic mass is 9.82. The predicted molar refractivity (Wildman–Crippen MR) is 117 cm³/mol. The first-order valence-electron chi connectivity index (χ1n) is 11.2. The molecule has 1 N–H and O–H groups in total. The fraction of sp³-hybridized carbons (Fsp3) is 0.542. The third-order valence-electron chi connectivity index (χ3n) is 6.49. The van der Waals surface area contributed by atoms with Crippen molar-refractivity contribution >= 4 is 5.91 Å². The number of rotatable bonds is 5. The van der Waals surface area contributed by atoms with Crippen LogP contribution in [0.15, 0.2) is 35.3 Å². The van der Waals surface area contributed by atoms with Gasteiger partial charge in [0.1, 0.15) is 0 Å². The van der Waals surface area contributed by atoms with Crippen LogP contribution in [0.4, 0.5) is 0 Å². The number of likely N-dealkylation sites (tertiary alicyclic amines) is 1. The van der Waals surface area contributed by atoms with Gasteiger partial charge in [0.25, 0.3) is 11.5 Å². The highest BCUT2D eigenvalue weighted by atomic mass is 16.1. The number of aromatic nitrogens is 2. The standard InChI is InChI=1S/C24H30N4O2/c1-15(2)11-27-12-16-7-19(14-27)22-9-18(10-23(29)28(22)13-16)21-8-17(5-6-25-21)24(30)26-20-3-4-20/h5-6,8-10,15-16,19-20H,3-4,7,11-14H2,1-2H3,(H,26,30)/t16-,19+/m0/s1. The molecular formula is C24H30N4O2. The molecule has 0 unspecified atom stereocenters. The molecule has 5 rings (SSSR count). The summed E-state index contributed by atoms with van der Waals surface area (Å²) < 4.78 is 1.97. The molecule has 158 valence electrons. The summed E-state index contributed by atoms with van der Waals surface area (Å²) in [5, 5.41) is 3.02. The molecule has 2 aliphatic heterocycles. The second kappa shape index (κ2) is 7.65. The molecule has 2 fully saturated rings. The molecule has 0 spiro atoms. The van der Waals surface area contributed by atoms with Gasteiger partial charge >= 0.3 is 0 Å². The van der Waals surface area contributed by atoms with Crippen molar-refractivity contribution in [1.29, 1.82) is 0 Å². The Morgan fingerprint density at radius 2 is 2.03 bits per heavy atom. The molecule has 2 aromatic rings. The summed E-state index contributed by atoms with van der Waals surface area (Å²) in [6.07, 6.45) is 4.92. The van der Waals surface area contributed by atoms with Gasteiger partial charge in [-0.05, 0) is 49.3 Å². The van der Waals surface area contributed by atoms with Crippen molar-refractivity contribution in [1.82, 2.24) is 19.8 Å². The molecule has 4 heterocycles. The number of fused-ring (bicyclic) bond motifs is 4. The van der Waals surface area contributed by atoms with Crippen LogP contribution >= 0.6 is 0 Å². The normalized spacial score (nSPS) is 23.3. The van der Waals surface area contributed by atoms with Gasteiger partial charge in [0.15, 0.2) is 0 Å². The Bertz CT molecular complexity index is 1020. The minimum atomic E-state index is -0.0599. The third kappa shape index (κ3) is 3.93. The first-order valence-corrected chi connectivity index (χ1v) is 11.2. The van der Waals surface area contributed by atoms with Crippen molar-refractivity contribution in [2.24, 2.45) is 11.8 Å². The molecular weight excluding hydrogens is 376 g/mol. The molecule has 1 saturated heterocycles. The monoisotopic (exact) mass is 406 g/mol. The molecule has 1 saturated carbocycles. The topological polar surface area (TPSA) is 67.2 Å². The van der Waals surface area contributed by atoms with Gasteiger partial charge in [-0.2, -0.15) is 0 Å². The van der Waals surface area contributed by atoms with Gasteiger partial charge in [-0.1, -0.05) is 13.8 Å². The number of amides is 1. The number of hydrogen-bond acceptors (Lipinski definition) is 4. The molecule has 0 aromatic carbocycles. The molecule has 2 bridgehead atoms. The minimum absolute atomic E-state index is 0.0455. The average molecular weight is 407 g/mol. The van der Waals surface area contributed by atoms with E-state index in [-0.39, 0.29) is 11.5 Å². The van der Waals surface area contributed by atoms with E-state index in [0.29, 0.717) is 35.1 Å². The van der Waals surface area contributed by atoms with Crippen LogP contribution in [0.5, 0.6) is 0 Å². The molecule has 6 nitrogen and oxygen atoms in total. The fourth-order valence-electron chi connectivity index (χ4n) is 5.10. The third-order valence-corrected chi connectivity index (χ3v) is 6.49. The summed E-state index contributed by atoms with van der Waals surface area (Å²) in [6.45, 7) is 8.53. The first kappa shape index (κ1) is 19.5. The van der Waals surface area contributed by atoms with Crippen molar-refractivity contribution in [3.05, 3.63) is 52.1 Å². The van der Waals surface area contributed by atoms with E-state index in [1.807, 2.05) is 4.57 Å². The SMILES string of the molecule is CC(C)CN1C[C@@H]2C[C@H](C1)c1cc(-c3cc(C(=O)NC4CC4)ccn3)cc(=O)n1C2. The largest absolute Gasteiger partial charge is 0.349 e. The van der Waals surface area contributed by atoms with Crippen molar-refractivity contribution in [3.63, 3.8) is 0 Å². The molecule has 6 heteroatoms. The van der Waals surface area contributed by atoms with E-state index in [1.165, 1.54) is 0 Å². The second-order valence-electron chi connectivity index (χ2n) is 9.71. The Balaban J connectivity index is 1.45. The summed E-state index contributed by atoms with van der Waals surface area (Å²) >= 11 is 0. The Morgan fingerprint density at radius 1 is 1.20 bits per heavy atom. The van der Waals surface area contributed by atoms with Gasteiger partial charge in [0.2, 0.25) is 0 Å². The molecule has 0 radical (unpaired) electrons. The maximum atomic E-state index is 13.0. The van der Waals surface area contributed by atoms with Crippen LogP contribution in [0.1, 0.15) is 55.1 Å². The van der Waals surface area contributed by atoms with Gasteiger partial charge in [-0.15, -0.1) is 0 Å². The van der Waals surface area contributed by atoms with Crippen LogP contribution < -0.4 is 10.9 Å². The van der Waals surface area contributed by atoms with Crippen LogP contribution in [0.25, 0.3) is 11.3 Å². The number of nitrogens with zero attached hydrogens (tertiary/aromatic N) is 3. The van der Waals surface area contributed by atoms with E-state index in [9.17, 15) is 9.59 Å². The molecule has 2 aromatic heterocycles. The molecule has 1 aliphatic carbocycles. The molecule has 3 aliphatic rings. The molecule has 2 atom stereocenters. The Morgan fingerprint density at radius 3 is 2.80 bits per heavy atom. The predicted octanol–water partition coefficient (Wildman–Crippen LogP) is 2.88. The number of piperidine rings is 1. The zero-order valence-electron chi connectivity index (χ0n) is 17.8. The van der Waals surface area contributed by atoms with Gasteiger partial charge in [0.05, 0.1) is 5.69 Å². The Hall–Kier alpha value is -2.47. The minimum Gasteiger partial charge on any atom is -0.349 e. The van der Waals surface area contributed by atoms with Crippen LogP contribution in [0, 0.1) is 11.8 Å². The highest BCUT2D eigenvalue weighted by molar-refractivity contribution is 5.95. The Labute approximate surface area is 177 Å². The number of carbonyl (C=O) groups is 1. The quantitative estimate of drug-likeness (QED) is 0.829. The Kier molecular flexibility index (Phi) is 4.97.